The molecule has 2 amide bonds. The average Bonchev–Trinajstić information content (AvgIpc) is 3.39. The van der Waals surface area contributed by atoms with Gasteiger partial charge in [-0.1, -0.05) is 0 Å². The van der Waals surface area contributed by atoms with Crippen LogP contribution in [-0.2, 0) is 25.8 Å². The summed E-state index contributed by atoms with van der Waals surface area (Å²) in [4.78, 5) is 24.5. The highest BCUT2D eigenvalue weighted by Gasteiger charge is 2.27. The molecule has 4 rings (SSSR count). The van der Waals surface area contributed by atoms with Crippen LogP contribution in [0.1, 0.15) is 24.1 Å². The summed E-state index contributed by atoms with van der Waals surface area (Å²) in [5.41, 5.74) is 2.37. The van der Waals surface area contributed by atoms with Crippen LogP contribution in [0.15, 0.2) is 24.3 Å². The van der Waals surface area contributed by atoms with Gasteiger partial charge in [-0.25, -0.2) is 9.07 Å². The fourth-order valence-corrected chi connectivity index (χ4v) is 4.20. The minimum atomic E-state index is -0.754. The Bertz CT molecular complexity index is 862. The molecule has 0 saturated carbocycles. The SMILES string of the molecule is O=C(NC[C@H]1CCCO1)C(=O)Nc1c2c(nn1-c1ccc(F)cc1)CSC2. The molecular formula is C18H19FN4O3S. The topological polar surface area (TPSA) is 85.2 Å². The first-order valence-corrected chi connectivity index (χ1v) is 9.92. The second-order valence-electron chi connectivity index (χ2n) is 6.45. The number of carbonyl (C=O) groups is 2. The molecule has 1 fully saturated rings. The standard InChI is InChI=1S/C18H19FN4O3S/c19-11-3-5-12(6-4-11)23-16(14-9-27-10-15(14)22-23)21-18(25)17(24)20-8-13-2-1-7-26-13/h3-6,13H,1-2,7-10H2,(H,20,24)(H,21,25)/t13-/m1/s1. The van der Waals surface area contributed by atoms with Gasteiger partial charge in [-0.2, -0.15) is 16.9 Å². The maximum atomic E-state index is 13.2. The fourth-order valence-electron chi connectivity index (χ4n) is 3.17. The molecule has 1 aromatic carbocycles. The molecule has 0 bridgehead atoms. The third-order valence-corrected chi connectivity index (χ3v) is 5.55. The molecule has 2 aromatic rings. The molecule has 0 unspecified atom stereocenters. The number of hydrogen-bond donors (Lipinski definition) is 2. The van der Waals surface area contributed by atoms with Crippen molar-refractivity contribution in [3.8, 4) is 5.69 Å². The number of amides is 2. The molecule has 7 nitrogen and oxygen atoms in total. The Kier molecular flexibility index (Phi) is 5.13. The van der Waals surface area contributed by atoms with Crippen molar-refractivity contribution >= 4 is 29.4 Å². The third kappa shape index (κ3) is 3.84. The van der Waals surface area contributed by atoms with E-state index in [1.54, 1.807) is 28.6 Å². The molecule has 1 aromatic heterocycles. The largest absolute Gasteiger partial charge is 0.376 e. The number of aromatic nitrogens is 2. The van der Waals surface area contributed by atoms with Crippen molar-refractivity contribution in [1.29, 1.82) is 0 Å². The van der Waals surface area contributed by atoms with Crippen molar-refractivity contribution in [2.45, 2.75) is 30.5 Å². The predicted octanol–water partition coefficient (Wildman–Crippen LogP) is 1.99. The fraction of sp³-hybridized carbons (Fsp3) is 0.389. The molecule has 2 aliphatic heterocycles. The molecule has 1 saturated heterocycles. The van der Waals surface area contributed by atoms with Crippen molar-refractivity contribution < 1.29 is 18.7 Å². The predicted molar refractivity (Wildman–Crippen MR) is 99.1 cm³/mol. The number of thioether (sulfide) groups is 1. The lowest BCUT2D eigenvalue weighted by Gasteiger charge is -2.12. The molecule has 27 heavy (non-hydrogen) atoms. The second kappa shape index (κ2) is 7.69. The highest BCUT2D eigenvalue weighted by atomic mass is 32.2. The Morgan fingerprint density at radius 2 is 2.07 bits per heavy atom. The zero-order chi connectivity index (χ0) is 18.8. The van der Waals surface area contributed by atoms with E-state index in [1.165, 1.54) is 12.1 Å². The Morgan fingerprint density at radius 1 is 1.26 bits per heavy atom. The molecular weight excluding hydrogens is 371 g/mol. The lowest BCUT2D eigenvalue weighted by Crippen LogP contribution is -2.39. The van der Waals surface area contributed by atoms with Crippen molar-refractivity contribution in [3.63, 3.8) is 0 Å². The number of carbonyl (C=O) groups excluding carboxylic acids is 2. The molecule has 0 spiro atoms. The number of benzene rings is 1. The van der Waals surface area contributed by atoms with Gasteiger partial charge < -0.3 is 15.4 Å². The van der Waals surface area contributed by atoms with Crippen LogP contribution in [0.5, 0.6) is 0 Å². The summed E-state index contributed by atoms with van der Waals surface area (Å²) in [5, 5.41) is 9.81. The number of nitrogens with one attached hydrogen (secondary N) is 2. The van der Waals surface area contributed by atoms with Crippen molar-refractivity contribution in [2.75, 3.05) is 18.5 Å². The van der Waals surface area contributed by atoms with Crippen LogP contribution < -0.4 is 10.6 Å². The van der Waals surface area contributed by atoms with Gasteiger partial charge in [-0.15, -0.1) is 0 Å². The number of rotatable bonds is 4. The van der Waals surface area contributed by atoms with Gasteiger partial charge in [-0.05, 0) is 37.1 Å². The van der Waals surface area contributed by atoms with E-state index < -0.39 is 11.8 Å². The van der Waals surface area contributed by atoms with Gasteiger partial charge in [0.05, 0.1) is 17.5 Å². The molecule has 3 heterocycles. The number of halogens is 1. The maximum absolute atomic E-state index is 13.2. The summed E-state index contributed by atoms with van der Waals surface area (Å²) in [7, 11) is 0. The number of anilines is 1. The summed E-state index contributed by atoms with van der Waals surface area (Å²) >= 11 is 1.69. The highest BCUT2D eigenvalue weighted by Crippen LogP contribution is 2.36. The van der Waals surface area contributed by atoms with Crippen LogP contribution in [-0.4, -0.2) is 40.9 Å². The number of nitrogens with zero attached hydrogens (tertiary/aromatic N) is 2. The summed E-state index contributed by atoms with van der Waals surface area (Å²) < 4.78 is 20.2. The van der Waals surface area contributed by atoms with Gasteiger partial charge in [0.25, 0.3) is 0 Å². The maximum Gasteiger partial charge on any atom is 0.314 e. The summed E-state index contributed by atoms with van der Waals surface area (Å²) in [6, 6.07) is 5.82. The monoisotopic (exact) mass is 390 g/mol. The van der Waals surface area contributed by atoms with Crippen molar-refractivity contribution in [1.82, 2.24) is 15.1 Å². The molecule has 0 radical (unpaired) electrons. The van der Waals surface area contributed by atoms with Crippen LogP contribution in [0, 0.1) is 5.82 Å². The lowest BCUT2D eigenvalue weighted by molar-refractivity contribution is -0.136. The van der Waals surface area contributed by atoms with Crippen molar-refractivity contribution in [3.05, 3.63) is 41.3 Å². The van der Waals surface area contributed by atoms with E-state index in [1.807, 2.05) is 0 Å². The Balaban J connectivity index is 1.51. The van der Waals surface area contributed by atoms with Crippen LogP contribution in [0.4, 0.5) is 10.2 Å². The molecule has 2 aliphatic rings. The average molecular weight is 390 g/mol. The summed E-state index contributed by atoms with van der Waals surface area (Å²) in [5.74, 6) is 0.0704. The molecule has 1 atom stereocenters. The smallest absolute Gasteiger partial charge is 0.314 e. The van der Waals surface area contributed by atoms with Gasteiger partial charge in [0.2, 0.25) is 0 Å². The quantitative estimate of drug-likeness (QED) is 0.780. The van der Waals surface area contributed by atoms with E-state index in [0.29, 0.717) is 30.4 Å². The third-order valence-electron chi connectivity index (χ3n) is 4.58. The Hall–Kier alpha value is -2.39. The van der Waals surface area contributed by atoms with E-state index in [-0.39, 0.29) is 11.9 Å². The summed E-state index contributed by atoms with van der Waals surface area (Å²) in [6.07, 6.45) is 1.81. The van der Waals surface area contributed by atoms with E-state index >= 15 is 0 Å². The van der Waals surface area contributed by atoms with Gasteiger partial charge >= 0.3 is 11.8 Å². The number of ether oxygens (including phenoxy) is 1. The van der Waals surface area contributed by atoms with E-state index in [2.05, 4.69) is 15.7 Å². The van der Waals surface area contributed by atoms with E-state index in [9.17, 15) is 14.0 Å². The lowest BCUT2D eigenvalue weighted by atomic mass is 10.2. The normalized spacial score (nSPS) is 18.3. The molecule has 2 N–H and O–H groups in total. The number of hydrogen-bond acceptors (Lipinski definition) is 5. The minimum Gasteiger partial charge on any atom is -0.376 e. The van der Waals surface area contributed by atoms with Crippen LogP contribution >= 0.6 is 11.8 Å². The van der Waals surface area contributed by atoms with Crippen LogP contribution in [0.2, 0.25) is 0 Å². The van der Waals surface area contributed by atoms with Crippen LogP contribution in [0.3, 0.4) is 0 Å². The highest BCUT2D eigenvalue weighted by molar-refractivity contribution is 7.98. The molecule has 142 valence electrons. The summed E-state index contributed by atoms with van der Waals surface area (Å²) in [6.45, 7) is 1.00. The van der Waals surface area contributed by atoms with Gasteiger partial charge in [0.15, 0.2) is 0 Å². The first-order chi connectivity index (χ1) is 13.1. The van der Waals surface area contributed by atoms with Gasteiger partial charge in [0.1, 0.15) is 11.6 Å². The minimum absolute atomic E-state index is 0.0351. The zero-order valence-corrected chi connectivity index (χ0v) is 15.4. The number of fused-ring (bicyclic) bond motifs is 1. The molecule has 0 aliphatic carbocycles. The second-order valence-corrected chi connectivity index (χ2v) is 7.44. The molecule has 9 heteroatoms. The van der Waals surface area contributed by atoms with E-state index in [0.717, 1.165) is 29.9 Å². The first-order valence-electron chi connectivity index (χ1n) is 8.77. The van der Waals surface area contributed by atoms with E-state index in [4.69, 9.17) is 4.74 Å². The van der Waals surface area contributed by atoms with Crippen LogP contribution in [0.25, 0.3) is 5.69 Å². The Labute approximate surface area is 159 Å². The van der Waals surface area contributed by atoms with Gasteiger partial charge in [-0.3, -0.25) is 9.59 Å². The van der Waals surface area contributed by atoms with Crippen molar-refractivity contribution in [2.24, 2.45) is 0 Å². The first kappa shape index (κ1) is 18.0. The Morgan fingerprint density at radius 3 is 2.81 bits per heavy atom. The zero-order valence-electron chi connectivity index (χ0n) is 14.5. The van der Waals surface area contributed by atoms with Gasteiger partial charge in [0, 0.05) is 30.2 Å².